The van der Waals surface area contributed by atoms with Gasteiger partial charge in [0.25, 0.3) is 5.91 Å². The van der Waals surface area contributed by atoms with Crippen molar-refractivity contribution in [2.24, 2.45) is 0 Å². The first-order valence-corrected chi connectivity index (χ1v) is 6.48. The van der Waals surface area contributed by atoms with Gasteiger partial charge >= 0.3 is 0 Å². The number of carbonyl (C=O) groups excluding carboxylic acids is 2. The molecular weight excluding hydrogens is 264 g/mol. The van der Waals surface area contributed by atoms with Gasteiger partial charge in [0, 0.05) is 32.6 Å². The Hall–Kier alpha value is -1.86. The fraction of sp³-hybridized carbons (Fsp3) is 0.538. The molecule has 110 valence electrons. The van der Waals surface area contributed by atoms with E-state index in [9.17, 15) is 14.7 Å². The minimum atomic E-state index is -0.918. The molecule has 1 saturated heterocycles. The quantitative estimate of drug-likeness (QED) is 0.686. The number of furan rings is 1. The van der Waals surface area contributed by atoms with E-state index in [1.165, 1.54) is 12.3 Å². The van der Waals surface area contributed by atoms with Crippen LogP contribution in [0.3, 0.4) is 0 Å². The smallest absolute Gasteiger partial charge is 0.287 e. The standard InChI is InChI=1S/C13H18N2O5/c16-11(8-14-12(17)10-2-1-5-20-10)15-9-13(18)3-6-19-7-4-13/h1-2,5,18H,3-4,6-9H2,(H,14,17)(H,15,16). The second kappa shape index (κ2) is 6.53. The van der Waals surface area contributed by atoms with Gasteiger partial charge in [0.2, 0.25) is 5.91 Å². The van der Waals surface area contributed by atoms with Gasteiger partial charge in [-0.15, -0.1) is 0 Å². The summed E-state index contributed by atoms with van der Waals surface area (Å²) < 4.78 is 10.1. The largest absolute Gasteiger partial charge is 0.459 e. The van der Waals surface area contributed by atoms with Crippen molar-refractivity contribution >= 4 is 11.8 Å². The van der Waals surface area contributed by atoms with Gasteiger partial charge in [0.15, 0.2) is 5.76 Å². The molecule has 1 aromatic heterocycles. The lowest BCUT2D eigenvalue weighted by atomic mass is 9.94. The Kier molecular flexibility index (Phi) is 4.75. The summed E-state index contributed by atoms with van der Waals surface area (Å²) in [6, 6.07) is 3.10. The zero-order chi connectivity index (χ0) is 14.4. The van der Waals surface area contributed by atoms with Crippen molar-refractivity contribution < 1.29 is 23.8 Å². The molecule has 2 amide bonds. The fourth-order valence-corrected chi connectivity index (χ4v) is 1.91. The van der Waals surface area contributed by atoms with E-state index in [1.54, 1.807) is 6.07 Å². The molecule has 7 heteroatoms. The van der Waals surface area contributed by atoms with E-state index in [0.29, 0.717) is 26.1 Å². The SMILES string of the molecule is O=C(CNC(=O)c1ccco1)NCC1(O)CCOCC1. The molecule has 3 N–H and O–H groups in total. The van der Waals surface area contributed by atoms with Crippen LogP contribution in [-0.4, -0.2) is 48.8 Å². The van der Waals surface area contributed by atoms with E-state index in [1.807, 2.05) is 0 Å². The zero-order valence-electron chi connectivity index (χ0n) is 11.1. The Bertz CT molecular complexity index is 451. The van der Waals surface area contributed by atoms with Gasteiger partial charge in [-0.1, -0.05) is 0 Å². The van der Waals surface area contributed by atoms with Crippen LogP contribution in [0.4, 0.5) is 0 Å². The Morgan fingerprint density at radius 2 is 2.05 bits per heavy atom. The average Bonchev–Trinajstić information content (AvgIpc) is 2.98. The van der Waals surface area contributed by atoms with Gasteiger partial charge in [-0.2, -0.15) is 0 Å². The Morgan fingerprint density at radius 3 is 2.70 bits per heavy atom. The van der Waals surface area contributed by atoms with Crippen molar-refractivity contribution in [3.05, 3.63) is 24.2 Å². The van der Waals surface area contributed by atoms with Crippen LogP contribution in [0.2, 0.25) is 0 Å². The van der Waals surface area contributed by atoms with Gasteiger partial charge in [0.05, 0.1) is 18.4 Å². The molecular formula is C13H18N2O5. The highest BCUT2D eigenvalue weighted by molar-refractivity contribution is 5.94. The maximum Gasteiger partial charge on any atom is 0.287 e. The number of amides is 2. The molecule has 1 aromatic rings. The number of ether oxygens (including phenoxy) is 1. The first-order chi connectivity index (χ1) is 9.59. The van der Waals surface area contributed by atoms with Crippen LogP contribution in [0.25, 0.3) is 0 Å². The van der Waals surface area contributed by atoms with Crippen molar-refractivity contribution in [2.45, 2.75) is 18.4 Å². The summed E-state index contributed by atoms with van der Waals surface area (Å²) >= 11 is 0. The summed E-state index contributed by atoms with van der Waals surface area (Å²) in [7, 11) is 0. The second-order valence-corrected chi connectivity index (χ2v) is 4.77. The third-order valence-electron chi connectivity index (χ3n) is 3.19. The van der Waals surface area contributed by atoms with Gasteiger partial charge in [-0.05, 0) is 12.1 Å². The summed E-state index contributed by atoms with van der Waals surface area (Å²) in [6.07, 6.45) is 2.37. The van der Waals surface area contributed by atoms with E-state index in [-0.39, 0.29) is 24.8 Å². The maximum atomic E-state index is 11.6. The van der Waals surface area contributed by atoms with Crippen molar-refractivity contribution in [1.82, 2.24) is 10.6 Å². The lowest BCUT2D eigenvalue weighted by Gasteiger charge is -2.32. The first-order valence-electron chi connectivity index (χ1n) is 6.48. The number of hydrogen-bond donors (Lipinski definition) is 3. The molecule has 0 unspecified atom stereocenters. The van der Waals surface area contributed by atoms with Crippen LogP contribution >= 0.6 is 0 Å². The highest BCUT2D eigenvalue weighted by Crippen LogP contribution is 2.18. The second-order valence-electron chi connectivity index (χ2n) is 4.77. The van der Waals surface area contributed by atoms with Crippen LogP contribution in [0.5, 0.6) is 0 Å². The predicted octanol–water partition coefficient (Wildman–Crippen LogP) is -0.333. The molecule has 0 radical (unpaired) electrons. The fourth-order valence-electron chi connectivity index (χ4n) is 1.91. The average molecular weight is 282 g/mol. The molecule has 0 aromatic carbocycles. The van der Waals surface area contributed by atoms with Crippen LogP contribution in [0.15, 0.2) is 22.8 Å². The minimum absolute atomic E-state index is 0.154. The van der Waals surface area contributed by atoms with Crippen LogP contribution in [0, 0.1) is 0 Å². The molecule has 1 aliphatic heterocycles. The molecule has 0 atom stereocenters. The molecule has 1 aliphatic rings. The number of hydrogen-bond acceptors (Lipinski definition) is 5. The number of carbonyl (C=O) groups is 2. The van der Waals surface area contributed by atoms with E-state index >= 15 is 0 Å². The normalized spacial score (nSPS) is 17.4. The summed E-state index contributed by atoms with van der Waals surface area (Å²) in [6.45, 7) is 0.973. The van der Waals surface area contributed by atoms with Gasteiger partial charge in [0.1, 0.15) is 0 Å². The Balaban J connectivity index is 1.69. The monoisotopic (exact) mass is 282 g/mol. The molecule has 0 spiro atoms. The van der Waals surface area contributed by atoms with Crippen LogP contribution in [0.1, 0.15) is 23.4 Å². The van der Waals surface area contributed by atoms with Crippen molar-refractivity contribution in [1.29, 1.82) is 0 Å². The summed E-state index contributed by atoms with van der Waals surface area (Å²) in [5.41, 5.74) is -0.918. The Labute approximate surface area is 116 Å². The number of nitrogens with one attached hydrogen (secondary N) is 2. The number of aliphatic hydroxyl groups is 1. The van der Waals surface area contributed by atoms with E-state index in [4.69, 9.17) is 9.15 Å². The van der Waals surface area contributed by atoms with Crippen molar-refractivity contribution in [3.8, 4) is 0 Å². The zero-order valence-corrected chi connectivity index (χ0v) is 11.1. The predicted molar refractivity (Wildman–Crippen MR) is 69.1 cm³/mol. The number of rotatable bonds is 5. The summed E-state index contributed by atoms with van der Waals surface area (Å²) in [4.78, 5) is 23.1. The maximum absolute atomic E-state index is 11.6. The summed E-state index contributed by atoms with van der Waals surface area (Å²) in [5.74, 6) is -0.652. The molecule has 2 heterocycles. The molecule has 20 heavy (non-hydrogen) atoms. The van der Waals surface area contributed by atoms with Gasteiger partial charge in [-0.25, -0.2) is 0 Å². The van der Waals surface area contributed by atoms with E-state index in [0.717, 1.165) is 0 Å². The molecule has 1 fully saturated rings. The first kappa shape index (κ1) is 14.5. The van der Waals surface area contributed by atoms with E-state index in [2.05, 4.69) is 10.6 Å². The lowest BCUT2D eigenvalue weighted by Crippen LogP contribution is -2.48. The van der Waals surface area contributed by atoms with Crippen LogP contribution < -0.4 is 10.6 Å². The summed E-state index contributed by atoms with van der Waals surface area (Å²) in [5, 5.41) is 15.2. The van der Waals surface area contributed by atoms with Crippen LogP contribution in [-0.2, 0) is 9.53 Å². The van der Waals surface area contributed by atoms with Crippen molar-refractivity contribution in [2.75, 3.05) is 26.3 Å². The molecule has 0 saturated carbocycles. The molecule has 7 nitrogen and oxygen atoms in total. The minimum Gasteiger partial charge on any atom is -0.459 e. The van der Waals surface area contributed by atoms with E-state index < -0.39 is 11.5 Å². The molecule has 0 aliphatic carbocycles. The third kappa shape index (κ3) is 4.07. The third-order valence-corrected chi connectivity index (χ3v) is 3.19. The topological polar surface area (TPSA) is 101 Å². The molecule has 0 bridgehead atoms. The highest BCUT2D eigenvalue weighted by Gasteiger charge is 2.30. The molecule has 2 rings (SSSR count). The highest BCUT2D eigenvalue weighted by atomic mass is 16.5. The van der Waals surface area contributed by atoms with Gasteiger partial charge < -0.3 is 24.9 Å². The van der Waals surface area contributed by atoms with Gasteiger partial charge in [-0.3, -0.25) is 9.59 Å². The lowest BCUT2D eigenvalue weighted by molar-refractivity contribution is -0.123. The Morgan fingerprint density at radius 1 is 1.30 bits per heavy atom. The van der Waals surface area contributed by atoms with Crippen molar-refractivity contribution in [3.63, 3.8) is 0 Å².